The van der Waals surface area contributed by atoms with E-state index in [-0.39, 0.29) is 0 Å². The summed E-state index contributed by atoms with van der Waals surface area (Å²) in [5.74, 6) is 0.975. The molecule has 0 aliphatic rings. The summed E-state index contributed by atoms with van der Waals surface area (Å²) in [6.07, 6.45) is 1.14. The molecule has 0 spiro atoms. The Hall–Kier alpha value is -0.170. The highest BCUT2D eigenvalue weighted by Crippen LogP contribution is 2.22. The number of methoxy groups -OCH3 is 1. The maximum atomic E-state index is 5.19. The number of thioether (sulfide) groups is 1. The Bertz CT molecular complexity index is 293. The Morgan fingerprint density at radius 3 is 2.88 bits per heavy atom. The summed E-state index contributed by atoms with van der Waals surface area (Å²) in [5.41, 5.74) is 0. The first-order chi connectivity index (χ1) is 7.76. The van der Waals surface area contributed by atoms with E-state index in [9.17, 15) is 0 Å². The van der Waals surface area contributed by atoms with Crippen molar-refractivity contribution in [2.24, 2.45) is 0 Å². The van der Waals surface area contributed by atoms with Gasteiger partial charge in [-0.15, -0.1) is 10.2 Å². The van der Waals surface area contributed by atoms with E-state index in [1.165, 1.54) is 0 Å². The van der Waals surface area contributed by atoms with E-state index in [1.54, 1.807) is 30.2 Å². The third kappa shape index (κ3) is 5.25. The molecule has 1 rings (SSSR count). The molecule has 1 N–H and O–H groups in total. The van der Waals surface area contributed by atoms with Gasteiger partial charge in [-0.25, -0.2) is 0 Å². The SMILES string of the molecule is CCCNC(COC)CSc1nnc(C)s1. The van der Waals surface area contributed by atoms with E-state index in [1.807, 2.05) is 6.92 Å². The monoisotopic (exact) mass is 261 g/mol. The molecule has 0 amide bonds. The number of aromatic nitrogens is 2. The summed E-state index contributed by atoms with van der Waals surface area (Å²) >= 11 is 3.39. The minimum atomic E-state index is 0.388. The highest BCUT2D eigenvalue weighted by Gasteiger charge is 2.09. The Labute approximate surface area is 105 Å². The second kappa shape index (κ2) is 8.00. The van der Waals surface area contributed by atoms with Crippen molar-refractivity contribution in [2.75, 3.05) is 26.0 Å². The summed E-state index contributed by atoms with van der Waals surface area (Å²) in [6, 6.07) is 0.388. The summed E-state index contributed by atoms with van der Waals surface area (Å²) in [7, 11) is 1.74. The maximum absolute atomic E-state index is 5.19. The van der Waals surface area contributed by atoms with Gasteiger partial charge in [-0.2, -0.15) is 0 Å². The molecule has 6 heteroatoms. The molecule has 4 nitrogen and oxygen atoms in total. The van der Waals surface area contributed by atoms with Gasteiger partial charge in [0.05, 0.1) is 6.61 Å². The largest absolute Gasteiger partial charge is 0.383 e. The molecule has 1 atom stereocenters. The van der Waals surface area contributed by atoms with E-state index in [0.29, 0.717) is 6.04 Å². The van der Waals surface area contributed by atoms with Crippen LogP contribution in [0.3, 0.4) is 0 Å². The van der Waals surface area contributed by atoms with Gasteiger partial charge in [-0.1, -0.05) is 30.0 Å². The fraction of sp³-hybridized carbons (Fsp3) is 0.800. The van der Waals surface area contributed by atoms with Crippen LogP contribution in [0.15, 0.2) is 4.34 Å². The molecule has 0 bridgehead atoms. The maximum Gasteiger partial charge on any atom is 0.174 e. The standard InChI is InChI=1S/C10H19N3OS2/c1-4-5-11-9(6-14-3)7-15-10-13-12-8(2)16-10/h9,11H,4-7H2,1-3H3. The van der Waals surface area contributed by atoms with Crippen LogP contribution in [0.5, 0.6) is 0 Å². The molecule has 1 aromatic rings. The Morgan fingerprint density at radius 1 is 1.50 bits per heavy atom. The molecule has 1 aromatic heterocycles. The van der Waals surface area contributed by atoms with Crippen LogP contribution in [0.4, 0.5) is 0 Å². The van der Waals surface area contributed by atoms with E-state index in [2.05, 4.69) is 22.4 Å². The molecule has 1 heterocycles. The summed E-state index contributed by atoms with van der Waals surface area (Å²) in [6.45, 7) is 5.91. The highest BCUT2D eigenvalue weighted by molar-refractivity contribution is 8.01. The zero-order chi connectivity index (χ0) is 11.8. The summed E-state index contributed by atoms with van der Waals surface area (Å²) in [5, 5.41) is 12.6. The van der Waals surface area contributed by atoms with Crippen LogP contribution in [0.2, 0.25) is 0 Å². The van der Waals surface area contributed by atoms with E-state index in [0.717, 1.165) is 34.7 Å². The van der Waals surface area contributed by atoms with Gasteiger partial charge < -0.3 is 10.1 Å². The number of hydrogen-bond acceptors (Lipinski definition) is 6. The predicted octanol–water partition coefficient (Wildman–Crippen LogP) is 1.95. The van der Waals surface area contributed by atoms with Crippen LogP contribution in [0.25, 0.3) is 0 Å². The number of aryl methyl sites for hydroxylation is 1. The third-order valence-electron chi connectivity index (χ3n) is 1.97. The second-order valence-corrected chi connectivity index (χ2v) is 5.95. The lowest BCUT2D eigenvalue weighted by atomic mass is 10.3. The fourth-order valence-electron chi connectivity index (χ4n) is 1.22. The summed E-state index contributed by atoms with van der Waals surface area (Å²) in [4.78, 5) is 0. The van der Waals surface area contributed by atoms with Gasteiger partial charge in [0.1, 0.15) is 5.01 Å². The normalized spacial score (nSPS) is 12.9. The van der Waals surface area contributed by atoms with Crippen LogP contribution in [-0.2, 0) is 4.74 Å². The van der Waals surface area contributed by atoms with Crippen molar-refractivity contribution in [1.82, 2.24) is 15.5 Å². The fourth-order valence-corrected chi connectivity index (χ4v) is 3.10. The van der Waals surface area contributed by atoms with Gasteiger partial charge in [0.25, 0.3) is 0 Å². The third-order valence-corrected chi connectivity index (χ3v) is 4.10. The van der Waals surface area contributed by atoms with Crippen molar-refractivity contribution < 1.29 is 4.74 Å². The van der Waals surface area contributed by atoms with Crippen LogP contribution in [0.1, 0.15) is 18.4 Å². The lowest BCUT2D eigenvalue weighted by molar-refractivity contribution is 0.174. The zero-order valence-corrected chi connectivity index (χ0v) is 11.7. The minimum absolute atomic E-state index is 0.388. The molecule has 0 radical (unpaired) electrons. The lowest BCUT2D eigenvalue weighted by Gasteiger charge is -2.16. The number of nitrogens with one attached hydrogen (secondary N) is 1. The molecular formula is C10H19N3OS2. The van der Waals surface area contributed by atoms with Gasteiger partial charge in [0.2, 0.25) is 0 Å². The molecule has 92 valence electrons. The number of nitrogens with zero attached hydrogens (tertiary/aromatic N) is 2. The predicted molar refractivity (Wildman–Crippen MR) is 69.3 cm³/mol. The first kappa shape index (κ1) is 13.9. The summed E-state index contributed by atoms with van der Waals surface area (Å²) < 4.78 is 6.22. The van der Waals surface area contributed by atoms with Gasteiger partial charge >= 0.3 is 0 Å². The van der Waals surface area contributed by atoms with Crippen molar-refractivity contribution in [3.8, 4) is 0 Å². The zero-order valence-electron chi connectivity index (χ0n) is 10.0. The first-order valence-electron chi connectivity index (χ1n) is 5.41. The molecular weight excluding hydrogens is 242 g/mol. The molecule has 0 aliphatic heterocycles. The molecule has 0 fully saturated rings. The number of ether oxygens (including phenoxy) is 1. The van der Waals surface area contributed by atoms with E-state index in [4.69, 9.17) is 4.74 Å². The molecule has 0 aliphatic carbocycles. The minimum Gasteiger partial charge on any atom is -0.383 e. The average molecular weight is 261 g/mol. The molecule has 0 saturated heterocycles. The van der Waals surface area contributed by atoms with Gasteiger partial charge in [-0.3, -0.25) is 0 Å². The van der Waals surface area contributed by atoms with Gasteiger partial charge in [-0.05, 0) is 19.9 Å². The van der Waals surface area contributed by atoms with Gasteiger partial charge in [0.15, 0.2) is 4.34 Å². The van der Waals surface area contributed by atoms with Crippen molar-refractivity contribution in [3.05, 3.63) is 5.01 Å². The highest BCUT2D eigenvalue weighted by atomic mass is 32.2. The molecule has 1 unspecified atom stereocenters. The smallest absolute Gasteiger partial charge is 0.174 e. The number of rotatable bonds is 8. The molecule has 16 heavy (non-hydrogen) atoms. The first-order valence-corrected chi connectivity index (χ1v) is 7.21. The van der Waals surface area contributed by atoms with Crippen molar-refractivity contribution in [3.63, 3.8) is 0 Å². The van der Waals surface area contributed by atoms with E-state index < -0.39 is 0 Å². The second-order valence-electron chi connectivity index (χ2n) is 3.50. The molecule has 0 saturated carbocycles. The lowest BCUT2D eigenvalue weighted by Crippen LogP contribution is -2.35. The number of hydrogen-bond donors (Lipinski definition) is 1. The molecule has 0 aromatic carbocycles. The van der Waals surface area contributed by atoms with E-state index >= 15 is 0 Å². The van der Waals surface area contributed by atoms with Crippen LogP contribution >= 0.6 is 23.1 Å². The Kier molecular flexibility index (Phi) is 6.95. The average Bonchev–Trinajstić information content (AvgIpc) is 2.68. The van der Waals surface area contributed by atoms with Crippen LogP contribution < -0.4 is 5.32 Å². The van der Waals surface area contributed by atoms with Crippen molar-refractivity contribution >= 4 is 23.1 Å². The topological polar surface area (TPSA) is 47.0 Å². The van der Waals surface area contributed by atoms with Crippen molar-refractivity contribution in [1.29, 1.82) is 0 Å². The van der Waals surface area contributed by atoms with Crippen molar-refractivity contribution in [2.45, 2.75) is 30.6 Å². The Morgan fingerprint density at radius 2 is 2.31 bits per heavy atom. The quantitative estimate of drug-likeness (QED) is 0.725. The van der Waals surface area contributed by atoms with Crippen LogP contribution in [0, 0.1) is 6.92 Å². The van der Waals surface area contributed by atoms with Gasteiger partial charge in [0, 0.05) is 18.9 Å². The van der Waals surface area contributed by atoms with Crippen LogP contribution in [-0.4, -0.2) is 42.3 Å². The Balaban J connectivity index is 2.30.